The van der Waals surface area contributed by atoms with Gasteiger partial charge in [0.1, 0.15) is 0 Å². The van der Waals surface area contributed by atoms with Crippen molar-refractivity contribution in [3.05, 3.63) is 51.0 Å². The number of carbonyl (C=O) groups excluding carboxylic acids is 1. The third kappa shape index (κ3) is 2.61. The molecule has 2 nitrogen and oxygen atoms in total. The number of ketones is 1. The number of thiophene rings is 1. The molecule has 1 aliphatic carbocycles. The van der Waals surface area contributed by atoms with Crippen LogP contribution in [-0.2, 0) is 25.7 Å². The maximum absolute atomic E-state index is 12.2. The molecular formula is C16H17NOS. The Labute approximate surface area is 117 Å². The molecule has 0 aliphatic heterocycles. The average Bonchev–Trinajstić information content (AvgIpc) is 3.00. The van der Waals surface area contributed by atoms with Gasteiger partial charge in [-0.25, -0.2) is 0 Å². The van der Waals surface area contributed by atoms with E-state index in [4.69, 9.17) is 0 Å². The Morgan fingerprint density at radius 3 is 2.95 bits per heavy atom. The predicted octanol–water partition coefficient (Wildman–Crippen LogP) is 3.62. The zero-order chi connectivity index (χ0) is 13.2. The van der Waals surface area contributed by atoms with Crippen molar-refractivity contribution in [2.24, 2.45) is 0 Å². The highest BCUT2D eigenvalue weighted by Gasteiger charge is 2.18. The zero-order valence-corrected chi connectivity index (χ0v) is 11.9. The van der Waals surface area contributed by atoms with Crippen LogP contribution in [0.25, 0.3) is 0 Å². The van der Waals surface area contributed by atoms with Gasteiger partial charge in [-0.1, -0.05) is 13.0 Å². The zero-order valence-electron chi connectivity index (χ0n) is 11.1. The monoisotopic (exact) mass is 271 g/mol. The van der Waals surface area contributed by atoms with E-state index in [-0.39, 0.29) is 5.78 Å². The number of Topliss-reactive ketones (excluding diaryl/α,β-unsaturated/α-hetero) is 1. The molecule has 98 valence electrons. The summed E-state index contributed by atoms with van der Waals surface area (Å²) in [6.45, 7) is 2.11. The van der Waals surface area contributed by atoms with Crippen LogP contribution >= 0.6 is 11.3 Å². The van der Waals surface area contributed by atoms with E-state index in [1.54, 1.807) is 11.3 Å². The molecule has 0 atom stereocenters. The standard InChI is InChI=1S/C16H17NOS/c1-2-11-6-7-13(17-10-11)9-14(18)16-8-12-4-3-5-15(12)19-16/h6-8,10H,2-5,9H2,1H3. The normalized spacial score (nSPS) is 13.5. The number of aromatic nitrogens is 1. The molecule has 0 saturated carbocycles. The van der Waals surface area contributed by atoms with Crippen LogP contribution in [0.4, 0.5) is 0 Å². The Morgan fingerprint density at radius 1 is 1.37 bits per heavy atom. The fourth-order valence-corrected chi connectivity index (χ4v) is 3.68. The first-order valence-electron chi connectivity index (χ1n) is 6.85. The highest BCUT2D eigenvalue weighted by molar-refractivity contribution is 7.14. The van der Waals surface area contributed by atoms with Gasteiger partial charge in [-0.3, -0.25) is 9.78 Å². The number of nitrogens with zero attached hydrogens (tertiary/aromatic N) is 1. The summed E-state index contributed by atoms with van der Waals surface area (Å²) in [5.74, 6) is 0.205. The minimum absolute atomic E-state index is 0.205. The number of hydrogen-bond acceptors (Lipinski definition) is 3. The van der Waals surface area contributed by atoms with Crippen LogP contribution in [-0.4, -0.2) is 10.8 Å². The molecule has 0 N–H and O–H groups in total. The molecule has 3 heteroatoms. The Kier molecular flexibility index (Phi) is 3.47. The molecule has 0 fully saturated rings. The molecule has 0 aromatic carbocycles. The number of aryl methyl sites for hydroxylation is 3. The third-order valence-electron chi connectivity index (χ3n) is 3.66. The first kappa shape index (κ1) is 12.5. The summed E-state index contributed by atoms with van der Waals surface area (Å²) in [5.41, 5.74) is 3.48. The Hall–Kier alpha value is -1.48. The molecule has 0 bridgehead atoms. The molecule has 0 spiro atoms. The smallest absolute Gasteiger partial charge is 0.178 e. The molecule has 0 amide bonds. The van der Waals surface area contributed by atoms with Crippen molar-refractivity contribution in [2.45, 2.75) is 39.0 Å². The highest BCUT2D eigenvalue weighted by atomic mass is 32.1. The van der Waals surface area contributed by atoms with E-state index in [0.717, 1.165) is 29.8 Å². The lowest BCUT2D eigenvalue weighted by molar-refractivity contribution is 0.0995. The van der Waals surface area contributed by atoms with Gasteiger partial charge in [0.25, 0.3) is 0 Å². The number of rotatable bonds is 4. The molecule has 19 heavy (non-hydrogen) atoms. The summed E-state index contributed by atoms with van der Waals surface area (Å²) in [6.07, 6.45) is 6.81. The van der Waals surface area contributed by atoms with Crippen molar-refractivity contribution in [1.29, 1.82) is 0 Å². The largest absolute Gasteiger partial charge is 0.293 e. The van der Waals surface area contributed by atoms with E-state index < -0.39 is 0 Å². The van der Waals surface area contributed by atoms with Gasteiger partial charge < -0.3 is 0 Å². The second kappa shape index (κ2) is 5.25. The Balaban J connectivity index is 1.72. The topological polar surface area (TPSA) is 30.0 Å². The summed E-state index contributed by atoms with van der Waals surface area (Å²) < 4.78 is 0. The van der Waals surface area contributed by atoms with Gasteiger partial charge in [-0.2, -0.15) is 0 Å². The molecule has 2 aromatic rings. The minimum Gasteiger partial charge on any atom is -0.293 e. The van der Waals surface area contributed by atoms with Crippen LogP contribution < -0.4 is 0 Å². The maximum atomic E-state index is 12.2. The van der Waals surface area contributed by atoms with Crippen molar-refractivity contribution in [3.63, 3.8) is 0 Å². The van der Waals surface area contributed by atoms with Crippen LogP contribution in [0.3, 0.4) is 0 Å². The lowest BCUT2D eigenvalue weighted by Gasteiger charge is -2.00. The first-order chi connectivity index (χ1) is 9.26. The average molecular weight is 271 g/mol. The highest BCUT2D eigenvalue weighted by Crippen LogP contribution is 2.31. The van der Waals surface area contributed by atoms with Crippen molar-refractivity contribution in [3.8, 4) is 0 Å². The Morgan fingerprint density at radius 2 is 2.26 bits per heavy atom. The van der Waals surface area contributed by atoms with E-state index in [9.17, 15) is 4.79 Å². The SMILES string of the molecule is CCc1ccc(CC(=O)c2cc3c(s2)CCC3)nc1. The van der Waals surface area contributed by atoms with E-state index in [1.807, 2.05) is 12.3 Å². The lowest BCUT2D eigenvalue weighted by atomic mass is 10.1. The summed E-state index contributed by atoms with van der Waals surface area (Å²) in [6, 6.07) is 6.12. The number of carbonyl (C=O) groups is 1. The fraction of sp³-hybridized carbons (Fsp3) is 0.375. The van der Waals surface area contributed by atoms with Gasteiger partial charge in [0.05, 0.1) is 11.3 Å². The summed E-state index contributed by atoms with van der Waals surface area (Å²) in [7, 11) is 0. The van der Waals surface area contributed by atoms with Crippen molar-refractivity contribution < 1.29 is 4.79 Å². The Bertz CT molecular complexity index is 576. The fourth-order valence-electron chi connectivity index (χ4n) is 2.49. The van der Waals surface area contributed by atoms with Gasteiger partial charge in [-0.15, -0.1) is 11.3 Å². The second-order valence-electron chi connectivity index (χ2n) is 5.02. The minimum atomic E-state index is 0.205. The van der Waals surface area contributed by atoms with Gasteiger partial charge in [0.15, 0.2) is 5.78 Å². The molecular weight excluding hydrogens is 254 g/mol. The molecule has 3 rings (SSSR count). The molecule has 2 heterocycles. The second-order valence-corrected chi connectivity index (χ2v) is 6.16. The van der Waals surface area contributed by atoms with Crippen LogP contribution in [0.2, 0.25) is 0 Å². The van der Waals surface area contributed by atoms with Crippen LogP contribution in [0, 0.1) is 0 Å². The maximum Gasteiger partial charge on any atom is 0.178 e. The van der Waals surface area contributed by atoms with E-state index in [1.165, 1.54) is 22.4 Å². The lowest BCUT2D eigenvalue weighted by Crippen LogP contribution is -2.03. The van der Waals surface area contributed by atoms with Crippen molar-refractivity contribution >= 4 is 17.1 Å². The van der Waals surface area contributed by atoms with E-state index in [0.29, 0.717) is 6.42 Å². The van der Waals surface area contributed by atoms with Crippen LogP contribution in [0.5, 0.6) is 0 Å². The predicted molar refractivity (Wildman–Crippen MR) is 78.0 cm³/mol. The van der Waals surface area contributed by atoms with Crippen LogP contribution in [0.15, 0.2) is 24.4 Å². The summed E-state index contributed by atoms with van der Waals surface area (Å²) in [4.78, 5) is 18.9. The number of hydrogen-bond donors (Lipinski definition) is 0. The van der Waals surface area contributed by atoms with Crippen LogP contribution in [0.1, 0.15) is 44.7 Å². The first-order valence-corrected chi connectivity index (χ1v) is 7.66. The van der Waals surface area contributed by atoms with Crippen molar-refractivity contribution in [2.75, 3.05) is 0 Å². The molecule has 2 aromatic heterocycles. The van der Waals surface area contributed by atoms with E-state index >= 15 is 0 Å². The number of fused-ring (bicyclic) bond motifs is 1. The molecule has 0 unspecified atom stereocenters. The quantitative estimate of drug-likeness (QED) is 0.795. The number of pyridine rings is 1. The molecule has 1 aliphatic rings. The van der Waals surface area contributed by atoms with Gasteiger partial charge in [-0.05, 0) is 48.9 Å². The van der Waals surface area contributed by atoms with Gasteiger partial charge >= 0.3 is 0 Å². The van der Waals surface area contributed by atoms with E-state index in [2.05, 4.69) is 24.0 Å². The molecule has 0 radical (unpaired) electrons. The third-order valence-corrected chi connectivity index (χ3v) is 4.94. The summed E-state index contributed by atoms with van der Waals surface area (Å²) in [5, 5.41) is 0. The van der Waals surface area contributed by atoms with Gasteiger partial charge in [0.2, 0.25) is 0 Å². The van der Waals surface area contributed by atoms with Crippen molar-refractivity contribution in [1.82, 2.24) is 4.98 Å². The van der Waals surface area contributed by atoms with Gasteiger partial charge in [0, 0.05) is 16.8 Å². The summed E-state index contributed by atoms with van der Waals surface area (Å²) >= 11 is 1.68. The molecule has 0 saturated heterocycles.